The van der Waals surface area contributed by atoms with Crippen molar-refractivity contribution < 1.29 is 8.42 Å². The summed E-state index contributed by atoms with van der Waals surface area (Å²) in [7, 11) is -3.39. The largest absolute Gasteiger partial charge is 0.241 e. The molecule has 108 valence electrons. The minimum Gasteiger partial charge on any atom is -0.208 e. The van der Waals surface area contributed by atoms with Gasteiger partial charge >= 0.3 is 0 Å². The van der Waals surface area contributed by atoms with E-state index in [2.05, 4.69) is 34.5 Å². The van der Waals surface area contributed by atoms with Gasteiger partial charge in [-0.15, -0.1) is 11.3 Å². The minimum atomic E-state index is -3.39. The zero-order chi connectivity index (χ0) is 14.2. The molecule has 1 heterocycles. The van der Waals surface area contributed by atoms with E-state index in [4.69, 9.17) is 0 Å². The van der Waals surface area contributed by atoms with Crippen molar-refractivity contribution in [3.05, 3.63) is 14.7 Å². The minimum absolute atomic E-state index is 0.0688. The summed E-state index contributed by atoms with van der Waals surface area (Å²) in [4.78, 5) is 1.24. The van der Waals surface area contributed by atoms with Gasteiger partial charge in [-0.25, -0.2) is 13.1 Å². The highest BCUT2D eigenvalue weighted by Gasteiger charge is 2.30. The summed E-state index contributed by atoms with van der Waals surface area (Å²) in [5, 5.41) is 0. The molecule has 1 aromatic rings. The Bertz CT molecular complexity index is 553. The molecule has 1 aliphatic carbocycles. The molecule has 3 nitrogen and oxygen atoms in total. The maximum atomic E-state index is 12.4. The maximum Gasteiger partial charge on any atom is 0.241 e. The fourth-order valence-electron chi connectivity index (χ4n) is 2.80. The predicted octanol–water partition coefficient (Wildman–Crippen LogP) is 3.92. The van der Waals surface area contributed by atoms with Gasteiger partial charge in [0.25, 0.3) is 0 Å². The van der Waals surface area contributed by atoms with E-state index in [1.807, 2.05) is 6.92 Å². The van der Waals surface area contributed by atoms with Gasteiger partial charge in [-0.1, -0.05) is 13.8 Å². The van der Waals surface area contributed by atoms with Crippen LogP contribution in [0.25, 0.3) is 0 Å². The third-order valence-electron chi connectivity index (χ3n) is 3.87. The van der Waals surface area contributed by atoms with Crippen molar-refractivity contribution in [2.24, 2.45) is 11.8 Å². The molecule has 1 fully saturated rings. The summed E-state index contributed by atoms with van der Waals surface area (Å²) >= 11 is 4.80. The molecular weight excluding hydrogens is 346 g/mol. The first-order valence-corrected chi connectivity index (χ1v) is 9.67. The average Bonchev–Trinajstić information content (AvgIpc) is 2.63. The van der Waals surface area contributed by atoms with E-state index in [1.54, 1.807) is 6.07 Å². The number of sulfonamides is 1. The lowest BCUT2D eigenvalue weighted by atomic mass is 9.80. The first kappa shape index (κ1) is 15.5. The molecule has 1 aliphatic rings. The van der Waals surface area contributed by atoms with Gasteiger partial charge in [0.05, 0.1) is 8.68 Å². The Labute approximate surface area is 128 Å². The Morgan fingerprint density at radius 2 is 2.05 bits per heavy atom. The van der Waals surface area contributed by atoms with Crippen LogP contribution < -0.4 is 4.72 Å². The maximum absolute atomic E-state index is 12.4. The summed E-state index contributed by atoms with van der Waals surface area (Å²) in [6, 6.07) is 1.76. The van der Waals surface area contributed by atoms with Gasteiger partial charge in [-0.2, -0.15) is 0 Å². The van der Waals surface area contributed by atoms with E-state index in [-0.39, 0.29) is 6.04 Å². The summed E-state index contributed by atoms with van der Waals surface area (Å²) in [6.07, 6.45) is 3.13. The number of hydrogen-bond donors (Lipinski definition) is 1. The molecule has 0 bridgehead atoms. The van der Waals surface area contributed by atoms with Crippen molar-refractivity contribution in [3.8, 4) is 0 Å². The molecule has 2 rings (SSSR count). The van der Waals surface area contributed by atoms with Gasteiger partial charge in [-0.05, 0) is 60.0 Å². The molecule has 0 amide bonds. The fraction of sp³-hybridized carbons (Fsp3) is 0.692. The highest BCUT2D eigenvalue weighted by Crippen LogP contribution is 2.32. The van der Waals surface area contributed by atoms with Crippen LogP contribution in [0.4, 0.5) is 0 Å². The zero-order valence-corrected chi connectivity index (χ0v) is 14.7. The van der Waals surface area contributed by atoms with Gasteiger partial charge in [0.1, 0.15) is 0 Å². The van der Waals surface area contributed by atoms with E-state index in [1.165, 1.54) is 11.3 Å². The second kappa shape index (κ2) is 5.84. The van der Waals surface area contributed by atoms with Crippen molar-refractivity contribution in [2.75, 3.05) is 0 Å². The lowest BCUT2D eigenvalue weighted by molar-refractivity contribution is 0.249. The molecule has 6 heteroatoms. The lowest BCUT2D eigenvalue weighted by Crippen LogP contribution is -2.42. The van der Waals surface area contributed by atoms with Crippen LogP contribution in [0.2, 0.25) is 0 Å². The number of nitrogens with one attached hydrogen (secondary N) is 1. The van der Waals surface area contributed by atoms with Crippen LogP contribution in [0.15, 0.2) is 14.7 Å². The quantitative estimate of drug-likeness (QED) is 0.881. The van der Waals surface area contributed by atoms with Crippen molar-refractivity contribution in [3.63, 3.8) is 0 Å². The van der Waals surface area contributed by atoms with E-state index in [9.17, 15) is 8.42 Å². The van der Waals surface area contributed by atoms with Gasteiger partial charge in [0.2, 0.25) is 10.0 Å². The molecule has 1 aromatic heterocycles. The normalized spacial score (nSPS) is 28.5. The number of rotatable bonds is 3. The number of thiophene rings is 1. The van der Waals surface area contributed by atoms with Crippen LogP contribution >= 0.6 is 27.3 Å². The Balaban J connectivity index is 2.16. The Kier molecular flexibility index (Phi) is 4.75. The molecule has 1 N–H and O–H groups in total. The number of halogens is 1. The van der Waals surface area contributed by atoms with Crippen LogP contribution in [-0.2, 0) is 10.0 Å². The van der Waals surface area contributed by atoms with Gasteiger partial charge < -0.3 is 0 Å². The molecule has 0 saturated heterocycles. The molecule has 19 heavy (non-hydrogen) atoms. The average molecular weight is 366 g/mol. The van der Waals surface area contributed by atoms with E-state index in [0.29, 0.717) is 16.7 Å². The van der Waals surface area contributed by atoms with Crippen LogP contribution in [0.3, 0.4) is 0 Å². The molecule has 0 radical (unpaired) electrons. The zero-order valence-electron chi connectivity index (χ0n) is 11.4. The van der Waals surface area contributed by atoms with Gasteiger partial charge in [0, 0.05) is 10.9 Å². The van der Waals surface area contributed by atoms with Crippen LogP contribution in [0.5, 0.6) is 0 Å². The van der Waals surface area contributed by atoms with Crippen LogP contribution in [-0.4, -0.2) is 14.5 Å². The Morgan fingerprint density at radius 1 is 1.37 bits per heavy atom. The summed E-state index contributed by atoms with van der Waals surface area (Å²) in [5.74, 6) is 1.11. The summed E-state index contributed by atoms with van der Waals surface area (Å²) < 4.78 is 28.6. The first-order chi connectivity index (χ1) is 8.79. The summed E-state index contributed by atoms with van der Waals surface area (Å²) in [6.45, 7) is 6.22. The molecule has 3 unspecified atom stereocenters. The molecule has 3 atom stereocenters. The third kappa shape index (κ3) is 3.60. The van der Waals surface area contributed by atoms with Crippen molar-refractivity contribution >= 4 is 37.3 Å². The van der Waals surface area contributed by atoms with E-state index in [0.717, 1.165) is 27.9 Å². The van der Waals surface area contributed by atoms with E-state index < -0.39 is 10.0 Å². The number of hydrogen-bond acceptors (Lipinski definition) is 3. The molecule has 0 aromatic carbocycles. The van der Waals surface area contributed by atoms with E-state index >= 15 is 0 Å². The predicted molar refractivity (Wildman–Crippen MR) is 83.0 cm³/mol. The van der Waals surface area contributed by atoms with Crippen molar-refractivity contribution in [1.29, 1.82) is 0 Å². The highest BCUT2D eigenvalue weighted by molar-refractivity contribution is 9.11. The molecule has 1 saturated carbocycles. The Hall–Kier alpha value is 0.0900. The monoisotopic (exact) mass is 365 g/mol. The lowest BCUT2D eigenvalue weighted by Gasteiger charge is -2.32. The van der Waals surface area contributed by atoms with Crippen LogP contribution in [0, 0.1) is 18.8 Å². The highest BCUT2D eigenvalue weighted by atomic mass is 79.9. The number of aryl methyl sites for hydroxylation is 1. The second-order valence-electron chi connectivity index (χ2n) is 5.59. The smallest absolute Gasteiger partial charge is 0.208 e. The second-order valence-corrected chi connectivity index (χ2v) is 9.91. The first-order valence-electron chi connectivity index (χ1n) is 6.58. The SMILES string of the molecule is Cc1sc(Br)cc1S(=O)(=O)NC1CCC(C)CC1C. The van der Waals surface area contributed by atoms with Crippen molar-refractivity contribution in [1.82, 2.24) is 4.72 Å². The van der Waals surface area contributed by atoms with Gasteiger partial charge in [0.15, 0.2) is 0 Å². The fourth-order valence-corrected chi connectivity index (χ4v) is 6.59. The standard InChI is InChI=1S/C13H20BrNO2S2/c1-8-4-5-11(9(2)6-8)15-19(16,17)12-7-13(14)18-10(12)3/h7-9,11,15H,4-6H2,1-3H3. The van der Waals surface area contributed by atoms with Gasteiger partial charge in [-0.3, -0.25) is 0 Å². The molecule has 0 aliphatic heterocycles. The topological polar surface area (TPSA) is 46.2 Å². The van der Waals surface area contributed by atoms with Crippen LogP contribution in [0.1, 0.15) is 38.0 Å². The third-order valence-corrected chi connectivity index (χ3v) is 7.17. The Morgan fingerprint density at radius 3 is 2.58 bits per heavy atom. The van der Waals surface area contributed by atoms with Crippen molar-refractivity contribution in [2.45, 2.75) is 51.0 Å². The summed E-state index contributed by atoms with van der Waals surface area (Å²) in [5.41, 5.74) is 0. The molecule has 0 spiro atoms. The molecular formula is C13H20BrNO2S2.